The molecule has 0 aliphatic heterocycles. The Hall–Kier alpha value is -14.1. The van der Waals surface area contributed by atoms with Crippen molar-refractivity contribution in [2.75, 3.05) is 4.90 Å². The number of hydrogen-bond acceptors (Lipinski definition) is 4. The highest BCUT2D eigenvalue weighted by molar-refractivity contribution is 6.21. The molecule has 0 atom stereocenters. The molecule has 0 N–H and O–H groups in total. The van der Waals surface area contributed by atoms with Gasteiger partial charge in [0.1, 0.15) is 33.5 Å². The summed E-state index contributed by atoms with van der Waals surface area (Å²) in [7, 11) is 0. The molecule has 0 radical (unpaired) electrons. The van der Waals surface area contributed by atoms with Gasteiger partial charge in [0.2, 0.25) is 0 Å². The van der Waals surface area contributed by atoms with E-state index in [2.05, 4.69) is 380 Å². The van der Waals surface area contributed by atoms with Crippen LogP contribution < -0.4 is 4.90 Å². The molecule has 3 aromatic heterocycles. The number of rotatable bonds is 17. The zero-order valence-electron chi connectivity index (χ0n) is 73.9. The van der Waals surface area contributed by atoms with E-state index < -0.39 is 16.2 Å². The summed E-state index contributed by atoms with van der Waals surface area (Å²) in [4.78, 5) is 2.63. The molecule has 7 aliphatic carbocycles. The Kier molecular flexibility index (Phi) is 16.0. The minimum absolute atomic E-state index is 0.0161. The molecule has 0 bridgehead atoms. The molecule has 0 saturated heterocycles. The van der Waals surface area contributed by atoms with Gasteiger partial charge in [0, 0.05) is 71.2 Å². The first kappa shape index (κ1) is 75.1. The van der Waals surface area contributed by atoms with Gasteiger partial charge in [0.05, 0.1) is 10.8 Å². The molecule has 27 rings (SSSR count). The summed E-state index contributed by atoms with van der Waals surface area (Å²) in [6.07, 6.45) is 15.2. The fraction of sp³-hybridized carbons (Fsp3) is 0.184. The number of benzene rings is 17. The third kappa shape index (κ3) is 10.0. The monoisotopic (exact) mass is 1660 g/mol. The minimum atomic E-state index is -0.748. The Bertz CT molecular complexity index is 8160. The average molecular weight is 1660 g/mol. The Morgan fingerprint density at radius 1 is 0.225 bits per heavy atom. The topological polar surface area (TPSA) is 42.7 Å². The molecule has 20 aromatic rings. The van der Waals surface area contributed by atoms with Crippen LogP contribution in [0.1, 0.15) is 196 Å². The number of unbranched alkanes of at least 4 members (excludes halogenated alkanes) is 8. The van der Waals surface area contributed by atoms with Gasteiger partial charge in [-0.1, -0.05) is 336 Å². The van der Waals surface area contributed by atoms with E-state index in [0.29, 0.717) is 0 Å². The lowest BCUT2D eigenvalue weighted by Gasteiger charge is -2.33. The first-order valence-electron chi connectivity index (χ1n) is 47.5. The lowest BCUT2D eigenvalue weighted by molar-refractivity contribution is 0.399. The van der Waals surface area contributed by atoms with Crippen molar-refractivity contribution in [3.63, 3.8) is 0 Å². The maximum Gasteiger partial charge on any atom is 0.143 e. The highest BCUT2D eigenvalue weighted by Crippen LogP contribution is 2.71. The Morgan fingerprint density at radius 3 is 1.21 bits per heavy atom. The van der Waals surface area contributed by atoms with Gasteiger partial charge in [-0.05, 0) is 288 Å². The molecule has 17 aromatic carbocycles. The molecule has 4 nitrogen and oxygen atoms in total. The van der Waals surface area contributed by atoms with Crippen LogP contribution in [0.2, 0.25) is 0 Å². The van der Waals surface area contributed by atoms with E-state index in [-0.39, 0.29) is 10.8 Å². The fourth-order valence-electron chi connectivity index (χ4n) is 26.4. The Morgan fingerprint density at radius 2 is 0.605 bits per heavy atom. The first-order chi connectivity index (χ1) is 63.4. The summed E-state index contributed by atoms with van der Waals surface area (Å²) in [6, 6.07) is 129. The van der Waals surface area contributed by atoms with Gasteiger partial charge in [-0.15, -0.1) is 0 Å². The second-order valence-electron chi connectivity index (χ2n) is 39.3. The molecule has 0 amide bonds. The first-order valence-corrected chi connectivity index (χ1v) is 47.5. The standard InChI is InChI=1S/C125H97NO3/c1-7-9-11-13-31-63-123(64-32-14-12-10-8-2)97-41-23-15-33-80(97)87-56-50-75(67-106(87)123)74-49-55-85-86-57-52-77(68-104(86)121(3,4)103(85)66-74)126(78-54-59-90-105(69-78)122(5,6)110-71-93(120-119(116(90)110)92-40-22-30-48-113(92)129-120)76-51-61-114-95(65-76)89-38-20-28-46-111(89)127-114)79-53-58-88-94-72-109-96(73-108(94)125(107(88)70-79)100-44-26-18-36-83(100)84-37-19-27-45-101(84)125)117-102(60-62-115-118(117)91-39-21-29-47-112(91)128-115)124(109)98-42-24-16-34-81(98)82-35-17-25-43-99(82)124/h15-30,33-62,65-73H,7-14,31-32,63-64H2,1-6H3. The summed E-state index contributed by atoms with van der Waals surface area (Å²) < 4.78 is 20.7. The minimum Gasteiger partial charge on any atom is -0.456 e. The average Bonchev–Trinajstić information content (AvgIpc) is 1.48. The van der Waals surface area contributed by atoms with Crippen molar-refractivity contribution in [3.8, 4) is 100 Å². The molecule has 0 unspecified atom stereocenters. The van der Waals surface area contributed by atoms with Crippen LogP contribution in [-0.4, -0.2) is 0 Å². The highest BCUT2D eigenvalue weighted by atomic mass is 16.3. The number of hydrogen-bond donors (Lipinski definition) is 0. The molecule has 129 heavy (non-hydrogen) atoms. The van der Waals surface area contributed by atoms with E-state index in [4.69, 9.17) is 13.3 Å². The highest BCUT2D eigenvalue weighted by Gasteiger charge is 2.58. The van der Waals surface area contributed by atoms with Crippen molar-refractivity contribution < 1.29 is 13.3 Å². The summed E-state index contributed by atoms with van der Waals surface area (Å²) in [6.45, 7) is 14.6. The second kappa shape index (κ2) is 27.5. The van der Waals surface area contributed by atoms with E-state index in [9.17, 15) is 0 Å². The third-order valence-corrected chi connectivity index (χ3v) is 32.2. The van der Waals surface area contributed by atoms with Gasteiger partial charge in [-0.3, -0.25) is 0 Å². The summed E-state index contributed by atoms with van der Waals surface area (Å²) in [5, 5.41) is 6.77. The van der Waals surface area contributed by atoms with Crippen LogP contribution in [0.15, 0.2) is 347 Å². The lowest BCUT2D eigenvalue weighted by atomic mass is 9.68. The third-order valence-electron chi connectivity index (χ3n) is 32.2. The zero-order valence-corrected chi connectivity index (χ0v) is 73.9. The number of anilines is 3. The second-order valence-corrected chi connectivity index (χ2v) is 39.3. The number of fused-ring (bicyclic) bond motifs is 40. The van der Waals surface area contributed by atoms with Crippen molar-refractivity contribution in [2.24, 2.45) is 0 Å². The van der Waals surface area contributed by atoms with Gasteiger partial charge in [-0.25, -0.2) is 0 Å². The van der Waals surface area contributed by atoms with Crippen LogP contribution in [0.3, 0.4) is 0 Å². The van der Waals surface area contributed by atoms with E-state index in [0.717, 1.165) is 88.6 Å². The SMILES string of the molecule is CCCCCCCC1(CCCCCCC)c2ccccc2-c2ccc(-c3ccc4c(c3)C(C)(C)c3cc(N(c5ccc6c(c5)C(C)(C)c5cc(-c7ccc8oc9ccccc9c8c7)c7oc8ccccc8c7c5-6)c5ccc6c(c5)C5(c7ccccc7-c7ccccc75)c5cc7c(cc5-6)C5(c6ccccc6-c6ccccc65)c5ccc6oc8ccccc8c6c5-7)ccc3-4)cc21. The van der Waals surface area contributed by atoms with Crippen molar-refractivity contribution >= 4 is 82.9 Å². The largest absolute Gasteiger partial charge is 0.456 e. The van der Waals surface area contributed by atoms with Crippen LogP contribution >= 0.6 is 0 Å². The lowest BCUT2D eigenvalue weighted by Crippen LogP contribution is -2.27. The van der Waals surface area contributed by atoms with E-state index in [1.165, 1.54) is 238 Å². The van der Waals surface area contributed by atoms with Crippen molar-refractivity contribution in [1.29, 1.82) is 0 Å². The van der Waals surface area contributed by atoms with Gasteiger partial charge in [0.25, 0.3) is 0 Å². The number of furan rings is 3. The van der Waals surface area contributed by atoms with Crippen LogP contribution in [-0.2, 0) is 27.1 Å². The number of para-hydroxylation sites is 3. The summed E-state index contributed by atoms with van der Waals surface area (Å²) >= 11 is 0. The zero-order chi connectivity index (χ0) is 85.7. The van der Waals surface area contributed by atoms with Gasteiger partial charge < -0.3 is 18.2 Å². The van der Waals surface area contributed by atoms with E-state index in [1.807, 2.05) is 0 Å². The predicted octanol–water partition coefficient (Wildman–Crippen LogP) is 34.5. The quantitative estimate of drug-likeness (QED) is 0.0852. The molecule has 0 fully saturated rings. The summed E-state index contributed by atoms with van der Waals surface area (Å²) in [5.41, 5.74) is 48.0. The Labute approximate surface area is 753 Å². The fourth-order valence-corrected chi connectivity index (χ4v) is 26.4. The molecule has 3 heterocycles. The van der Waals surface area contributed by atoms with Crippen LogP contribution in [0.4, 0.5) is 17.1 Å². The van der Waals surface area contributed by atoms with Crippen LogP contribution in [0, 0.1) is 0 Å². The smallest absolute Gasteiger partial charge is 0.143 e. The Balaban J connectivity index is 0.661. The van der Waals surface area contributed by atoms with Gasteiger partial charge in [-0.2, -0.15) is 0 Å². The van der Waals surface area contributed by atoms with Crippen molar-refractivity contribution in [3.05, 3.63) is 412 Å². The van der Waals surface area contributed by atoms with Gasteiger partial charge >= 0.3 is 0 Å². The van der Waals surface area contributed by atoms with Crippen LogP contribution in [0.25, 0.3) is 166 Å². The van der Waals surface area contributed by atoms with Crippen molar-refractivity contribution in [2.45, 2.75) is 146 Å². The molecular formula is C125H97NO3. The van der Waals surface area contributed by atoms with E-state index >= 15 is 0 Å². The molecule has 4 heteroatoms. The molecule has 0 saturated carbocycles. The summed E-state index contributed by atoms with van der Waals surface area (Å²) in [5.74, 6) is 0. The van der Waals surface area contributed by atoms with Gasteiger partial charge in [0.15, 0.2) is 0 Å². The molecule has 7 aliphatic rings. The molecule has 2 spiro atoms. The maximum absolute atomic E-state index is 7.21. The maximum atomic E-state index is 7.21. The molecular weight excluding hydrogens is 1560 g/mol. The van der Waals surface area contributed by atoms with Crippen LogP contribution in [0.5, 0.6) is 0 Å². The predicted molar refractivity (Wildman–Crippen MR) is 535 cm³/mol. The molecule has 620 valence electrons. The van der Waals surface area contributed by atoms with Crippen molar-refractivity contribution in [1.82, 2.24) is 0 Å². The normalized spacial score (nSPS) is 15.3. The van der Waals surface area contributed by atoms with E-state index in [1.54, 1.807) is 11.1 Å². The number of nitrogens with zero attached hydrogens (tertiary/aromatic N) is 1.